The van der Waals surface area contributed by atoms with Crippen molar-refractivity contribution in [3.8, 4) is 17.2 Å². The number of amides is 1. The lowest BCUT2D eigenvalue weighted by Crippen LogP contribution is -2.33. The maximum absolute atomic E-state index is 12.5. The fourth-order valence-corrected chi connectivity index (χ4v) is 3.57. The molecular weight excluding hydrogens is 372 g/mol. The molecule has 146 valence electrons. The van der Waals surface area contributed by atoms with Gasteiger partial charge in [0, 0.05) is 6.07 Å². The summed E-state index contributed by atoms with van der Waals surface area (Å²) in [5, 5.41) is 2.60. The van der Waals surface area contributed by atoms with Crippen LogP contribution in [-0.2, 0) is 14.8 Å². The topological polar surface area (TPSA) is 103 Å². The molecule has 0 aromatic heterocycles. The molecule has 27 heavy (non-hydrogen) atoms. The lowest BCUT2D eigenvalue weighted by molar-refractivity contribution is -0.115. The van der Waals surface area contributed by atoms with Crippen LogP contribution < -0.4 is 24.2 Å². The summed E-state index contributed by atoms with van der Waals surface area (Å²) in [5.74, 6) is 0.586. The van der Waals surface area contributed by atoms with E-state index in [0.29, 0.717) is 17.2 Å². The molecule has 2 rings (SSSR count). The van der Waals surface area contributed by atoms with E-state index >= 15 is 0 Å². The normalized spacial score (nSPS) is 11.0. The van der Waals surface area contributed by atoms with Crippen LogP contribution in [0.5, 0.6) is 17.2 Å². The molecule has 0 saturated carbocycles. The number of carbonyl (C=O) groups excluding carboxylic acids is 1. The monoisotopic (exact) mass is 394 g/mol. The number of methoxy groups -OCH3 is 3. The van der Waals surface area contributed by atoms with Crippen LogP contribution in [0.1, 0.15) is 5.56 Å². The van der Waals surface area contributed by atoms with Crippen molar-refractivity contribution in [3.05, 3.63) is 42.0 Å². The maximum Gasteiger partial charge on any atom is 0.244 e. The summed E-state index contributed by atoms with van der Waals surface area (Å²) < 4.78 is 42.7. The van der Waals surface area contributed by atoms with Crippen LogP contribution >= 0.6 is 0 Å². The summed E-state index contributed by atoms with van der Waals surface area (Å²) in [4.78, 5) is 12.2. The molecule has 0 radical (unpaired) electrons. The van der Waals surface area contributed by atoms with Gasteiger partial charge in [0.15, 0.2) is 0 Å². The van der Waals surface area contributed by atoms with Crippen molar-refractivity contribution in [2.24, 2.45) is 0 Å². The summed E-state index contributed by atoms with van der Waals surface area (Å²) in [6.07, 6.45) is 0. The van der Waals surface area contributed by atoms with Crippen LogP contribution in [0.4, 0.5) is 5.69 Å². The Morgan fingerprint density at radius 1 is 0.963 bits per heavy atom. The third-order valence-corrected chi connectivity index (χ3v) is 5.13. The molecule has 2 aromatic carbocycles. The van der Waals surface area contributed by atoms with Gasteiger partial charge in [-0.3, -0.25) is 4.79 Å². The highest BCUT2D eigenvalue weighted by Gasteiger charge is 2.21. The van der Waals surface area contributed by atoms with Crippen molar-refractivity contribution in [2.75, 3.05) is 33.2 Å². The molecule has 0 bridgehead atoms. The van der Waals surface area contributed by atoms with Gasteiger partial charge in [0.25, 0.3) is 0 Å². The minimum absolute atomic E-state index is 0.0308. The Balaban J connectivity index is 2.13. The highest BCUT2D eigenvalue weighted by molar-refractivity contribution is 7.89. The minimum atomic E-state index is -3.93. The van der Waals surface area contributed by atoms with Gasteiger partial charge in [-0.25, -0.2) is 13.1 Å². The lowest BCUT2D eigenvalue weighted by atomic mass is 10.2. The molecule has 2 aromatic rings. The second kappa shape index (κ2) is 8.74. The van der Waals surface area contributed by atoms with E-state index in [1.807, 2.05) is 0 Å². The Hall–Kier alpha value is -2.78. The van der Waals surface area contributed by atoms with E-state index in [-0.39, 0.29) is 10.6 Å². The third kappa shape index (κ3) is 5.11. The van der Waals surface area contributed by atoms with Crippen LogP contribution in [-0.4, -0.2) is 42.2 Å². The van der Waals surface area contributed by atoms with Crippen molar-refractivity contribution in [3.63, 3.8) is 0 Å². The molecule has 1 amide bonds. The second-order valence-electron chi connectivity index (χ2n) is 5.59. The SMILES string of the molecule is COc1ccc(OC)c(NC(=O)CNS(=O)(=O)c2cc(C)ccc2OC)c1. The predicted molar refractivity (Wildman–Crippen MR) is 101 cm³/mol. The number of carbonyl (C=O) groups is 1. The first kappa shape index (κ1) is 20.5. The van der Waals surface area contributed by atoms with E-state index in [2.05, 4.69) is 10.0 Å². The van der Waals surface area contributed by atoms with Crippen molar-refractivity contribution in [2.45, 2.75) is 11.8 Å². The van der Waals surface area contributed by atoms with Gasteiger partial charge in [-0.05, 0) is 36.8 Å². The molecule has 0 heterocycles. The Morgan fingerprint density at radius 2 is 1.63 bits per heavy atom. The zero-order valence-corrected chi connectivity index (χ0v) is 16.3. The summed E-state index contributed by atoms with van der Waals surface area (Å²) in [6.45, 7) is 1.31. The highest BCUT2D eigenvalue weighted by atomic mass is 32.2. The minimum Gasteiger partial charge on any atom is -0.497 e. The number of benzene rings is 2. The predicted octanol–water partition coefficient (Wildman–Crippen LogP) is 1.94. The third-order valence-electron chi connectivity index (χ3n) is 3.71. The fraction of sp³-hybridized carbons (Fsp3) is 0.278. The summed E-state index contributed by atoms with van der Waals surface area (Å²) >= 11 is 0. The maximum atomic E-state index is 12.5. The first-order valence-electron chi connectivity index (χ1n) is 7.97. The smallest absolute Gasteiger partial charge is 0.244 e. The Labute approximate surface area is 158 Å². The highest BCUT2D eigenvalue weighted by Crippen LogP contribution is 2.29. The Morgan fingerprint density at radius 3 is 2.26 bits per heavy atom. The fourth-order valence-electron chi connectivity index (χ4n) is 2.34. The van der Waals surface area contributed by atoms with Gasteiger partial charge >= 0.3 is 0 Å². The van der Waals surface area contributed by atoms with E-state index in [9.17, 15) is 13.2 Å². The Bertz CT molecular complexity index is 927. The van der Waals surface area contributed by atoms with Crippen LogP contribution in [0.15, 0.2) is 41.3 Å². The molecule has 0 aliphatic heterocycles. The van der Waals surface area contributed by atoms with Crippen molar-refractivity contribution in [1.29, 1.82) is 0 Å². The van der Waals surface area contributed by atoms with Crippen LogP contribution in [0.3, 0.4) is 0 Å². The average molecular weight is 394 g/mol. The van der Waals surface area contributed by atoms with Gasteiger partial charge in [-0.1, -0.05) is 6.07 Å². The molecule has 0 atom stereocenters. The molecule has 0 aliphatic rings. The first-order valence-corrected chi connectivity index (χ1v) is 9.45. The molecule has 0 unspecified atom stereocenters. The molecule has 0 fully saturated rings. The van der Waals surface area contributed by atoms with Gasteiger partial charge in [0.1, 0.15) is 22.1 Å². The summed E-state index contributed by atoms with van der Waals surface area (Å²) in [7, 11) is 0.407. The molecule has 0 saturated heterocycles. The number of rotatable bonds is 8. The summed E-state index contributed by atoms with van der Waals surface area (Å²) in [6, 6.07) is 9.67. The quantitative estimate of drug-likeness (QED) is 0.709. The number of hydrogen-bond acceptors (Lipinski definition) is 6. The molecule has 2 N–H and O–H groups in total. The van der Waals surface area contributed by atoms with Crippen molar-refractivity contribution >= 4 is 21.6 Å². The number of nitrogens with one attached hydrogen (secondary N) is 2. The van der Waals surface area contributed by atoms with Crippen molar-refractivity contribution < 1.29 is 27.4 Å². The zero-order valence-electron chi connectivity index (χ0n) is 15.5. The zero-order chi connectivity index (χ0) is 20.0. The van der Waals surface area contributed by atoms with Gasteiger partial charge in [-0.2, -0.15) is 0 Å². The van der Waals surface area contributed by atoms with E-state index < -0.39 is 22.5 Å². The van der Waals surface area contributed by atoms with Crippen LogP contribution in [0.2, 0.25) is 0 Å². The van der Waals surface area contributed by atoms with E-state index in [4.69, 9.17) is 14.2 Å². The van der Waals surface area contributed by atoms with Gasteiger partial charge in [-0.15, -0.1) is 0 Å². The van der Waals surface area contributed by atoms with E-state index in [0.717, 1.165) is 5.56 Å². The van der Waals surface area contributed by atoms with Gasteiger partial charge in [0.05, 0.1) is 33.6 Å². The molecule has 0 spiro atoms. The summed E-state index contributed by atoms with van der Waals surface area (Å²) in [5.41, 5.74) is 1.12. The molecule has 9 heteroatoms. The van der Waals surface area contributed by atoms with Gasteiger partial charge in [0.2, 0.25) is 15.9 Å². The number of hydrogen-bond donors (Lipinski definition) is 2. The number of ether oxygens (including phenoxy) is 3. The number of aryl methyl sites for hydroxylation is 1. The molecule has 8 nitrogen and oxygen atoms in total. The average Bonchev–Trinajstić information content (AvgIpc) is 2.66. The van der Waals surface area contributed by atoms with Gasteiger partial charge < -0.3 is 19.5 Å². The van der Waals surface area contributed by atoms with E-state index in [1.54, 1.807) is 37.3 Å². The van der Waals surface area contributed by atoms with Crippen LogP contribution in [0, 0.1) is 6.92 Å². The Kier molecular flexibility index (Phi) is 6.65. The largest absolute Gasteiger partial charge is 0.497 e. The lowest BCUT2D eigenvalue weighted by Gasteiger charge is -2.13. The number of anilines is 1. The van der Waals surface area contributed by atoms with Crippen molar-refractivity contribution in [1.82, 2.24) is 4.72 Å². The number of sulfonamides is 1. The van der Waals surface area contributed by atoms with Crippen LogP contribution in [0.25, 0.3) is 0 Å². The standard InChI is InChI=1S/C18H22N2O6S/c1-12-5-7-16(26-4)17(9-12)27(22,23)19-11-18(21)20-14-10-13(24-2)6-8-15(14)25-3/h5-10,19H,11H2,1-4H3,(H,20,21). The van der Waals surface area contributed by atoms with E-state index in [1.165, 1.54) is 27.4 Å². The molecular formula is C18H22N2O6S. The molecule has 0 aliphatic carbocycles. The second-order valence-corrected chi connectivity index (χ2v) is 7.33. The first-order chi connectivity index (χ1) is 12.8.